The van der Waals surface area contributed by atoms with Crippen molar-refractivity contribution in [3.63, 3.8) is 0 Å². The number of hydrogen-bond donors (Lipinski definition) is 0. The van der Waals surface area contributed by atoms with Crippen LogP contribution < -0.4 is 0 Å². The number of carbonyl (C=O) groups is 1. The molecule has 0 aliphatic heterocycles. The van der Waals surface area contributed by atoms with E-state index < -0.39 is 0 Å². The highest BCUT2D eigenvalue weighted by molar-refractivity contribution is 5.82. The zero-order valence-corrected chi connectivity index (χ0v) is 9.14. The van der Waals surface area contributed by atoms with Crippen molar-refractivity contribution < 1.29 is 9.53 Å². The first-order valence-electron chi connectivity index (χ1n) is 5.31. The van der Waals surface area contributed by atoms with Gasteiger partial charge in [0, 0.05) is 13.5 Å². The topological polar surface area (TPSA) is 26.3 Å². The van der Waals surface area contributed by atoms with Crippen molar-refractivity contribution in [2.75, 3.05) is 7.11 Å². The zero-order chi connectivity index (χ0) is 10.1. The molecule has 0 aliphatic rings. The van der Waals surface area contributed by atoms with Gasteiger partial charge >= 0.3 is 0 Å². The molecule has 0 radical (unpaired) electrons. The predicted molar refractivity (Wildman–Crippen MR) is 54.9 cm³/mol. The minimum Gasteiger partial charge on any atom is -0.374 e. The Labute approximate surface area is 81.7 Å². The molecular weight excluding hydrogens is 164 g/mol. The predicted octanol–water partition coefficient (Wildman–Crippen LogP) is 2.95. The van der Waals surface area contributed by atoms with Gasteiger partial charge in [0.25, 0.3) is 0 Å². The molecule has 0 bridgehead atoms. The molecule has 1 atom stereocenters. The molecule has 0 spiro atoms. The van der Waals surface area contributed by atoms with Gasteiger partial charge in [-0.05, 0) is 12.8 Å². The van der Waals surface area contributed by atoms with Gasteiger partial charge in [-0.2, -0.15) is 0 Å². The summed E-state index contributed by atoms with van der Waals surface area (Å²) in [5.41, 5.74) is 0. The highest BCUT2D eigenvalue weighted by atomic mass is 16.5. The number of rotatable bonds is 8. The second kappa shape index (κ2) is 8.24. The molecule has 0 saturated heterocycles. The van der Waals surface area contributed by atoms with Gasteiger partial charge < -0.3 is 4.74 Å². The molecule has 0 heterocycles. The number of hydrogen-bond acceptors (Lipinski definition) is 2. The van der Waals surface area contributed by atoms with Crippen LogP contribution >= 0.6 is 0 Å². The number of ketones is 1. The van der Waals surface area contributed by atoms with Gasteiger partial charge in [-0.15, -0.1) is 0 Å². The maximum absolute atomic E-state index is 11.5. The average molecular weight is 186 g/mol. The van der Waals surface area contributed by atoms with Crippen LogP contribution in [0.2, 0.25) is 0 Å². The van der Waals surface area contributed by atoms with Crippen molar-refractivity contribution in [3.05, 3.63) is 0 Å². The number of Topliss-reactive ketones (excluding diaryl/α,β-unsaturated/α-hetero) is 1. The van der Waals surface area contributed by atoms with Crippen LogP contribution in [0.5, 0.6) is 0 Å². The molecule has 13 heavy (non-hydrogen) atoms. The summed E-state index contributed by atoms with van der Waals surface area (Å²) in [6.07, 6.45) is 5.74. The summed E-state index contributed by atoms with van der Waals surface area (Å²) in [4.78, 5) is 11.5. The van der Waals surface area contributed by atoms with Gasteiger partial charge in [0.2, 0.25) is 0 Å². The number of unbranched alkanes of at least 4 members (excludes halogenated alkanes) is 2. The molecular formula is C11H22O2. The Kier molecular flexibility index (Phi) is 8.00. The Morgan fingerprint density at radius 3 is 2.38 bits per heavy atom. The second-order valence-electron chi connectivity index (χ2n) is 3.44. The quantitative estimate of drug-likeness (QED) is 0.545. The lowest BCUT2D eigenvalue weighted by Gasteiger charge is -2.12. The largest absolute Gasteiger partial charge is 0.374 e. The number of carbonyl (C=O) groups excluding carboxylic acids is 1. The Morgan fingerprint density at radius 1 is 1.23 bits per heavy atom. The summed E-state index contributed by atoms with van der Waals surface area (Å²) in [6, 6.07) is 0. The first kappa shape index (κ1) is 12.6. The van der Waals surface area contributed by atoms with E-state index in [4.69, 9.17) is 4.74 Å². The first-order chi connectivity index (χ1) is 6.26. The fraction of sp³-hybridized carbons (Fsp3) is 0.909. The van der Waals surface area contributed by atoms with Crippen LogP contribution in [0, 0.1) is 0 Å². The highest BCUT2D eigenvalue weighted by Gasteiger charge is 2.15. The maximum Gasteiger partial charge on any atom is 0.161 e. The van der Waals surface area contributed by atoms with Crippen molar-refractivity contribution in [2.45, 2.75) is 58.5 Å². The lowest BCUT2D eigenvalue weighted by molar-refractivity contribution is -0.129. The van der Waals surface area contributed by atoms with Gasteiger partial charge in [-0.1, -0.05) is 33.1 Å². The van der Waals surface area contributed by atoms with Crippen LogP contribution in [0.3, 0.4) is 0 Å². The van der Waals surface area contributed by atoms with Crippen molar-refractivity contribution in [1.29, 1.82) is 0 Å². The van der Waals surface area contributed by atoms with Crippen LogP contribution in [0.25, 0.3) is 0 Å². The van der Waals surface area contributed by atoms with E-state index in [2.05, 4.69) is 13.8 Å². The van der Waals surface area contributed by atoms with E-state index >= 15 is 0 Å². The molecule has 0 amide bonds. The molecule has 0 aromatic carbocycles. The fourth-order valence-electron chi connectivity index (χ4n) is 1.38. The minimum atomic E-state index is -0.151. The minimum absolute atomic E-state index is 0.151. The molecule has 0 N–H and O–H groups in total. The SMILES string of the molecule is CCCCCC(=O)C(CCC)OC. The van der Waals surface area contributed by atoms with Gasteiger partial charge in [0.05, 0.1) is 0 Å². The van der Waals surface area contributed by atoms with Gasteiger partial charge in [0.15, 0.2) is 5.78 Å². The normalized spacial score (nSPS) is 12.8. The van der Waals surface area contributed by atoms with E-state index in [0.717, 1.165) is 25.7 Å². The lowest BCUT2D eigenvalue weighted by atomic mass is 10.0. The first-order valence-corrected chi connectivity index (χ1v) is 5.31. The molecule has 2 nitrogen and oxygen atoms in total. The Bertz CT molecular complexity index is 132. The summed E-state index contributed by atoms with van der Waals surface area (Å²) in [5.74, 6) is 0.276. The number of ether oxygens (including phenoxy) is 1. The lowest BCUT2D eigenvalue weighted by Crippen LogP contribution is -2.22. The molecule has 0 rings (SSSR count). The highest BCUT2D eigenvalue weighted by Crippen LogP contribution is 2.08. The second-order valence-corrected chi connectivity index (χ2v) is 3.44. The van der Waals surface area contributed by atoms with Crippen molar-refractivity contribution >= 4 is 5.78 Å². The van der Waals surface area contributed by atoms with E-state index in [1.54, 1.807) is 7.11 Å². The summed E-state index contributed by atoms with van der Waals surface area (Å²) in [7, 11) is 1.62. The maximum atomic E-state index is 11.5. The molecule has 78 valence electrons. The summed E-state index contributed by atoms with van der Waals surface area (Å²) in [5, 5.41) is 0. The van der Waals surface area contributed by atoms with Crippen LogP contribution in [-0.2, 0) is 9.53 Å². The third kappa shape index (κ3) is 5.81. The van der Waals surface area contributed by atoms with Crippen molar-refractivity contribution in [2.24, 2.45) is 0 Å². The van der Waals surface area contributed by atoms with Crippen LogP contribution in [-0.4, -0.2) is 19.0 Å². The molecule has 2 heteroatoms. The molecule has 1 unspecified atom stereocenters. The Balaban J connectivity index is 3.64. The third-order valence-corrected chi connectivity index (χ3v) is 2.22. The van der Waals surface area contributed by atoms with Crippen molar-refractivity contribution in [1.82, 2.24) is 0 Å². The average Bonchev–Trinajstić information content (AvgIpc) is 2.14. The summed E-state index contributed by atoms with van der Waals surface area (Å²) >= 11 is 0. The molecule has 0 aromatic heterocycles. The van der Waals surface area contributed by atoms with Crippen molar-refractivity contribution in [3.8, 4) is 0 Å². The smallest absolute Gasteiger partial charge is 0.161 e. The van der Waals surface area contributed by atoms with E-state index in [9.17, 15) is 4.79 Å². The summed E-state index contributed by atoms with van der Waals surface area (Å²) < 4.78 is 5.13. The molecule has 0 saturated carbocycles. The van der Waals surface area contributed by atoms with E-state index in [1.807, 2.05) is 0 Å². The monoisotopic (exact) mass is 186 g/mol. The van der Waals surface area contributed by atoms with Crippen LogP contribution in [0.4, 0.5) is 0 Å². The third-order valence-electron chi connectivity index (χ3n) is 2.22. The van der Waals surface area contributed by atoms with Gasteiger partial charge in [-0.3, -0.25) is 4.79 Å². The van der Waals surface area contributed by atoms with E-state index in [1.165, 1.54) is 6.42 Å². The molecule has 0 aliphatic carbocycles. The molecule has 0 aromatic rings. The van der Waals surface area contributed by atoms with Crippen LogP contribution in [0.15, 0.2) is 0 Å². The summed E-state index contributed by atoms with van der Waals surface area (Å²) in [6.45, 7) is 4.22. The number of methoxy groups -OCH3 is 1. The van der Waals surface area contributed by atoms with E-state index in [0.29, 0.717) is 6.42 Å². The zero-order valence-electron chi connectivity index (χ0n) is 9.14. The van der Waals surface area contributed by atoms with Gasteiger partial charge in [0.1, 0.15) is 6.10 Å². The van der Waals surface area contributed by atoms with Gasteiger partial charge in [-0.25, -0.2) is 0 Å². The standard InChI is InChI=1S/C11H22O2/c1-4-6-7-9-10(12)11(13-3)8-5-2/h11H,4-9H2,1-3H3. The van der Waals surface area contributed by atoms with E-state index in [-0.39, 0.29) is 11.9 Å². The Hall–Kier alpha value is -0.370. The molecule has 0 fully saturated rings. The van der Waals surface area contributed by atoms with Crippen LogP contribution in [0.1, 0.15) is 52.4 Å². The Morgan fingerprint density at radius 2 is 1.92 bits per heavy atom. The fourth-order valence-corrected chi connectivity index (χ4v) is 1.38.